The number of nitro groups is 1. The van der Waals surface area contributed by atoms with Crippen molar-refractivity contribution in [2.75, 3.05) is 0 Å². The number of rotatable bonds is 2. The summed E-state index contributed by atoms with van der Waals surface area (Å²) in [7, 11) is 0. The molecule has 5 nitrogen and oxygen atoms in total. The van der Waals surface area contributed by atoms with Crippen molar-refractivity contribution in [1.82, 2.24) is 9.97 Å². The Balaban J connectivity index is 2.09. The average Bonchev–Trinajstić information content (AvgIpc) is 2.73. The van der Waals surface area contributed by atoms with Gasteiger partial charge in [0.1, 0.15) is 10.5 Å². The van der Waals surface area contributed by atoms with Crippen LogP contribution < -0.4 is 0 Å². The van der Waals surface area contributed by atoms with E-state index < -0.39 is 4.92 Å². The van der Waals surface area contributed by atoms with E-state index in [1.54, 1.807) is 6.07 Å². The molecule has 0 fully saturated rings. The molecule has 2 aromatic rings. The van der Waals surface area contributed by atoms with Crippen molar-refractivity contribution in [3.63, 3.8) is 0 Å². The van der Waals surface area contributed by atoms with Gasteiger partial charge in [0.25, 0.3) is 5.69 Å². The van der Waals surface area contributed by atoms with Gasteiger partial charge < -0.3 is 4.98 Å². The van der Waals surface area contributed by atoms with E-state index >= 15 is 0 Å². The highest BCUT2D eigenvalue weighted by atomic mass is 32.1. The van der Waals surface area contributed by atoms with Gasteiger partial charge in [0.05, 0.1) is 4.92 Å². The van der Waals surface area contributed by atoms with E-state index in [1.807, 2.05) is 6.07 Å². The number of fused-ring (bicyclic) bond motifs is 1. The van der Waals surface area contributed by atoms with Crippen LogP contribution in [0.1, 0.15) is 30.5 Å². The van der Waals surface area contributed by atoms with Crippen molar-refractivity contribution in [2.24, 2.45) is 0 Å². The number of hydrogen-bond acceptors (Lipinski definition) is 4. The first kappa shape index (κ1) is 13.9. The van der Waals surface area contributed by atoms with Crippen LogP contribution in [0.2, 0.25) is 0 Å². The monoisotopic (exact) mass is 301 g/mol. The Morgan fingerprint density at radius 2 is 2.05 bits per heavy atom. The summed E-state index contributed by atoms with van der Waals surface area (Å²) in [5, 5.41) is 10.9. The Morgan fingerprint density at radius 1 is 1.24 bits per heavy atom. The first-order valence-corrected chi connectivity index (χ1v) is 7.43. The van der Waals surface area contributed by atoms with Gasteiger partial charge in [0.15, 0.2) is 0 Å². The molecule has 0 unspecified atom stereocenters. The van der Waals surface area contributed by atoms with Gasteiger partial charge in [-0.15, -0.1) is 0 Å². The first-order chi connectivity index (χ1) is 10.1. The SMILES string of the molecule is O=[N+]([O-])c1cccc(-c2nc(=S)c3c([nH]2)CCCCC3)c1. The first-order valence-electron chi connectivity index (χ1n) is 7.02. The van der Waals surface area contributed by atoms with Gasteiger partial charge >= 0.3 is 0 Å². The molecule has 108 valence electrons. The van der Waals surface area contributed by atoms with Crippen molar-refractivity contribution < 1.29 is 4.92 Å². The standard InChI is InChI=1S/C15H15N3O2S/c19-18(20)11-6-4-5-10(9-11)14-16-13-8-3-1-2-7-12(13)15(21)17-14/h4-6,9H,1-3,7-8H2,(H,16,17,21). The van der Waals surface area contributed by atoms with Crippen LogP contribution in [0.5, 0.6) is 0 Å². The van der Waals surface area contributed by atoms with Crippen molar-refractivity contribution in [1.29, 1.82) is 0 Å². The number of aromatic nitrogens is 2. The molecule has 0 spiro atoms. The minimum Gasteiger partial charge on any atom is -0.343 e. The van der Waals surface area contributed by atoms with Crippen LogP contribution in [-0.4, -0.2) is 14.9 Å². The lowest BCUT2D eigenvalue weighted by Crippen LogP contribution is -2.02. The van der Waals surface area contributed by atoms with Crippen LogP contribution >= 0.6 is 12.2 Å². The lowest BCUT2D eigenvalue weighted by molar-refractivity contribution is -0.384. The van der Waals surface area contributed by atoms with Crippen molar-refractivity contribution >= 4 is 17.9 Å². The number of H-pyrrole nitrogens is 1. The summed E-state index contributed by atoms with van der Waals surface area (Å²) in [5.41, 5.74) is 3.02. The molecule has 1 N–H and O–H groups in total. The molecule has 6 heteroatoms. The zero-order chi connectivity index (χ0) is 14.8. The third-order valence-corrected chi connectivity index (χ3v) is 4.13. The summed E-state index contributed by atoms with van der Waals surface area (Å²) >= 11 is 5.41. The molecule has 1 aromatic heterocycles. The summed E-state index contributed by atoms with van der Waals surface area (Å²) in [6.45, 7) is 0. The third-order valence-electron chi connectivity index (χ3n) is 3.79. The summed E-state index contributed by atoms with van der Waals surface area (Å²) in [6.07, 6.45) is 5.40. The van der Waals surface area contributed by atoms with Gasteiger partial charge in [0, 0.05) is 29.0 Å². The highest BCUT2D eigenvalue weighted by Gasteiger charge is 2.14. The topological polar surface area (TPSA) is 71.8 Å². The number of aryl methyl sites for hydroxylation is 1. The van der Waals surface area contributed by atoms with Crippen molar-refractivity contribution in [3.05, 3.63) is 50.3 Å². The number of nitrogens with one attached hydrogen (secondary N) is 1. The number of hydrogen-bond donors (Lipinski definition) is 1. The van der Waals surface area contributed by atoms with Crippen LogP contribution in [0.3, 0.4) is 0 Å². The minimum atomic E-state index is -0.401. The van der Waals surface area contributed by atoms with Gasteiger partial charge in [-0.1, -0.05) is 30.8 Å². The fourth-order valence-electron chi connectivity index (χ4n) is 2.70. The van der Waals surface area contributed by atoms with E-state index in [0.717, 1.165) is 36.9 Å². The third kappa shape index (κ3) is 2.85. The lowest BCUT2D eigenvalue weighted by Gasteiger charge is -2.09. The van der Waals surface area contributed by atoms with E-state index in [1.165, 1.54) is 18.6 Å². The van der Waals surface area contributed by atoms with E-state index in [2.05, 4.69) is 9.97 Å². The Hall–Kier alpha value is -2.08. The molecule has 0 atom stereocenters. The average molecular weight is 301 g/mol. The molecule has 0 amide bonds. The molecule has 0 saturated carbocycles. The number of nitrogens with zero attached hydrogens (tertiary/aromatic N) is 2. The summed E-state index contributed by atoms with van der Waals surface area (Å²) in [4.78, 5) is 18.2. The molecule has 0 saturated heterocycles. The molecular weight excluding hydrogens is 286 g/mol. The largest absolute Gasteiger partial charge is 0.343 e. The molecule has 1 aliphatic carbocycles. The Bertz CT molecular complexity index is 755. The van der Waals surface area contributed by atoms with Crippen molar-refractivity contribution in [3.8, 4) is 11.4 Å². The fourth-order valence-corrected chi connectivity index (χ4v) is 3.02. The Labute approximate surface area is 127 Å². The highest BCUT2D eigenvalue weighted by molar-refractivity contribution is 7.71. The molecule has 0 bridgehead atoms. The van der Waals surface area contributed by atoms with Gasteiger partial charge in [-0.3, -0.25) is 10.1 Å². The van der Waals surface area contributed by atoms with Crippen molar-refractivity contribution in [2.45, 2.75) is 32.1 Å². The van der Waals surface area contributed by atoms with E-state index in [-0.39, 0.29) is 5.69 Å². The van der Waals surface area contributed by atoms with Crippen LogP contribution in [0.4, 0.5) is 5.69 Å². The van der Waals surface area contributed by atoms with E-state index in [4.69, 9.17) is 12.2 Å². The molecule has 3 rings (SSSR count). The fraction of sp³-hybridized carbons (Fsp3) is 0.333. The number of benzene rings is 1. The van der Waals surface area contributed by atoms with Gasteiger partial charge in [0.2, 0.25) is 0 Å². The second-order valence-electron chi connectivity index (χ2n) is 5.22. The Morgan fingerprint density at radius 3 is 2.86 bits per heavy atom. The predicted octanol–water partition coefficient (Wildman–Crippen LogP) is 3.98. The van der Waals surface area contributed by atoms with E-state index in [0.29, 0.717) is 16.0 Å². The maximum Gasteiger partial charge on any atom is 0.270 e. The summed E-state index contributed by atoms with van der Waals surface area (Å²) in [5.74, 6) is 0.615. The second kappa shape index (κ2) is 5.73. The molecule has 0 radical (unpaired) electrons. The van der Waals surface area contributed by atoms with Crippen LogP contribution in [0.15, 0.2) is 24.3 Å². The zero-order valence-electron chi connectivity index (χ0n) is 11.5. The van der Waals surface area contributed by atoms with Gasteiger partial charge in [-0.2, -0.15) is 0 Å². The second-order valence-corrected chi connectivity index (χ2v) is 5.60. The molecular formula is C15H15N3O2S. The van der Waals surface area contributed by atoms with E-state index in [9.17, 15) is 10.1 Å². The lowest BCUT2D eigenvalue weighted by atomic mass is 10.1. The molecule has 21 heavy (non-hydrogen) atoms. The predicted molar refractivity (Wildman–Crippen MR) is 82.8 cm³/mol. The quantitative estimate of drug-likeness (QED) is 0.394. The van der Waals surface area contributed by atoms with Crippen LogP contribution in [0.25, 0.3) is 11.4 Å². The van der Waals surface area contributed by atoms with Crippen LogP contribution in [0, 0.1) is 14.8 Å². The maximum atomic E-state index is 10.9. The summed E-state index contributed by atoms with van der Waals surface area (Å²) in [6, 6.07) is 6.47. The molecule has 1 heterocycles. The highest BCUT2D eigenvalue weighted by Crippen LogP contribution is 2.25. The van der Waals surface area contributed by atoms with Gasteiger partial charge in [-0.25, -0.2) is 4.98 Å². The zero-order valence-corrected chi connectivity index (χ0v) is 12.3. The minimum absolute atomic E-state index is 0.0589. The smallest absolute Gasteiger partial charge is 0.270 e. The molecule has 1 aromatic carbocycles. The van der Waals surface area contributed by atoms with Gasteiger partial charge in [-0.05, 0) is 25.7 Å². The Kier molecular flexibility index (Phi) is 3.79. The summed E-state index contributed by atoms with van der Waals surface area (Å²) < 4.78 is 0.618. The number of non-ortho nitro benzene ring substituents is 1. The molecule has 0 aliphatic heterocycles. The number of aromatic amines is 1. The maximum absolute atomic E-state index is 10.9. The van der Waals surface area contributed by atoms with Crippen LogP contribution in [-0.2, 0) is 12.8 Å². The molecule has 1 aliphatic rings. The normalized spacial score (nSPS) is 14.3. The number of nitro benzene ring substituents is 1.